The zero-order valence-electron chi connectivity index (χ0n) is 16.9. The molecule has 0 saturated heterocycles. The number of likely N-dealkylation sites (N-methyl/N-ethyl adjacent to an activating group) is 1. The van der Waals surface area contributed by atoms with E-state index in [9.17, 15) is 35.4 Å². The van der Waals surface area contributed by atoms with Crippen LogP contribution in [0.4, 0.5) is 0 Å². The smallest absolute Gasteiger partial charge is 0.253 e. The van der Waals surface area contributed by atoms with Crippen molar-refractivity contribution in [1.29, 1.82) is 0 Å². The van der Waals surface area contributed by atoms with Gasteiger partial charge in [-0.05, 0) is 35.4 Å². The highest BCUT2D eigenvalue weighted by Gasteiger charge is 2.31. The van der Waals surface area contributed by atoms with Crippen LogP contribution in [0.3, 0.4) is 0 Å². The quantitative estimate of drug-likeness (QED) is 0.211. The van der Waals surface area contributed by atoms with Gasteiger partial charge in [0.1, 0.15) is 24.4 Å². The first-order valence-corrected chi connectivity index (χ1v) is 9.52. The summed E-state index contributed by atoms with van der Waals surface area (Å²) in [4.78, 5) is 13.7. The van der Waals surface area contributed by atoms with E-state index in [2.05, 4.69) is 0 Å². The van der Waals surface area contributed by atoms with E-state index in [1.165, 1.54) is 19.2 Å². The second-order valence-corrected chi connectivity index (χ2v) is 7.19. The molecular formula is C22H27NO8. The number of carbonyl (C=O) groups excluding carboxylic acids is 1. The maximum atomic E-state index is 12.5. The summed E-state index contributed by atoms with van der Waals surface area (Å²) in [5, 5.41) is 66.6. The molecule has 9 nitrogen and oxygen atoms in total. The van der Waals surface area contributed by atoms with Crippen LogP contribution < -0.4 is 0 Å². The number of aliphatic hydroxyl groups excluding tert-OH is 5. The third kappa shape index (κ3) is 6.51. The van der Waals surface area contributed by atoms with Crippen molar-refractivity contribution in [2.24, 2.45) is 0 Å². The predicted octanol–water partition coefficient (Wildman–Crippen LogP) is -0.224. The van der Waals surface area contributed by atoms with Crippen molar-refractivity contribution in [2.45, 2.75) is 24.4 Å². The summed E-state index contributed by atoms with van der Waals surface area (Å²) >= 11 is 0. The van der Waals surface area contributed by atoms with Gasteiger partial charge in [0, 0.05) is 19.2 Å². The van der Waals surface area contributed by atoms with Crippen molar-refractivity contribution in [3.05, 3.63) is 59.2 Å². The van der Waals surface area contributed by atoms with Crippen molar-refractivity contribution in [3.63, 3.8) is 0 Å². The molecule has 31 heavy (non-hydrogen) atoms. The van der Waals surface area contributed by atoms with Crippen molar-refractivity contribution in [3.8, 4) is 11.5 Å². The van der Waals surface area contributed by atoms with Crippen LogP contribution in [0.15, 0.2) is 42.5 Å². The maximum absolute atomic E-state index is 12.5. The zero-order valence-corrected chi connectivity index (χ0v) is 16.9. The Kier molecular flexibility index (Phi) is 8.55. The molecule has 0 fully saturated rings. The van der Waals surface area contributed by atoms with E-state index >= 15 is 0 Å². The third-order valence-corrected chi connectivity index (χ3v) is 4.76. The van der Waals surface area contributed by atoms with Crippen LogP contribution in [-0.4, -0.2) is 91.2 Å². The van der Waals surface area contributed by atoms with Gasteiger partial charge in [-0.3, -0.25) is 4.79 Å². The molecule has 0 heterocycles. The van der Waals surface area contributed by atoms with Crippen LogP contribution in [0.5, 0.6) is 11.5 Å². The predicted molar refractivity (Wildman–Crippen MR) is 113 cm³/mol. The van der Waals surface area contributed by atoms with E-state index in [-0.39, 0.29) is 18.0 Å². The molecule has 1 amide bonds. The molecule has 0 aliphatic carbocycles. The minimum Gasteiger partial charge on any atom is -0.504 e. The van der Waals surface area contributed by atoms with Gasteiger partial charge in [0.25, 0.3) is 5.91 Å². The Hall–Kier alpha value is -2.95. The van der Waals surface area contributed by atoms with Crippen LogP contribution in [0.2, 0.25) is 0 Å². The van der Waals surface area contributed by atoms with E-state index in [1.54, 1.807) is 42.5 Å². The summed E-state index contributed by atoms with van der Waals surface area (Å²) in [7, 11) is 1.41. The van der Waals surface area contributed by atoms with Crippen molar-refractivity contribution in [1.82, 2.24) is 4.90 Å². The SMILES string of the molecule is CN(CC(O)C(O)C(O)C(O)CO)C(=O)c1ccc(/C=C/c2ccc(O)c(O)c2)cc1. The molecule has 0 bridgehead atoms. The van der Waals surface area contributed by atoms with E-state index in [4.69, 9.17) is 5.11 Å². The second-order valence-electron chi connectivity index (χ2n) is 7.19. The Balaban J connectivity index is 1.99. The fourth-order valence-corrected chi connectivity index (χ4v) is 2.83. The van der Waals surface area contributed by atoms with Crippen LogP contribution in [0.25, 0.3) is 12.2 Å². The first-order chi connectivity index (χ1) is 14.6. The minimum atomic E-state index is -1.76. The highest BCUT2D eigenvalue weighted by Crippen LogP contribution is 2.25. The van der Waals surface area contributed by atoms with Gasteiger partial charge in [0.2, 0.25) is 0 Å². The zero-order chi connectivity index (χ0) is 23.1. The van der Waals surface area contributed by atoms with E-state index in [0.717, 1.165) is 10.5 Å². The molecule has 0 aromatic heterocycles. The molecule has 2 aromatic rings. The van der Waals surface area contributed by atoms with Gasteiger partial charge in [-0.2, -0.15) is 0 Å². The lowest BCUT2D eigenvalue weighted by Gasteiger charge is -2.28. The van der Waals surface area contributed by atoms with Gasteiger partial charge in [-0.1, -0.05) is 30.4 Å². The van der Waals surface area contributed by atoms with Crippen LogP contribution in [0, 0.1) is 0 Å². The number of rotatable bonds is 9. The lowest BCUT2D eigenvalue weighted by Crippen LogP contribution is -2.49. The van der Waals surface area contributed by atoms with E-state index in [1.807, 2.05) is 0 Å². The van der Waals surface area contributed by atoms with E-state index in [0.29, 0.717) is 11.1 Å². The average Bonchev–Trinajstić information content (AvgIpc) is 2.77. The number of nitrogens with zero attached hydrogens (tertiary/aromatic N) is 1. The summed E-state index contributed by atoms with van der Waals surface area (Å²) in [6, 6.07) is 11.0. The number of benzene rings is 2. The largest absolute Gasteiger partial charge is 0.504 e. The molecule has 0 spiro atoms. The number of aliphatic hydroxyl groups is 5. The topological polar surface area (TPSA) is 162 Å². The standard InChI is InChI=1S/C22H27NO8/c1-23(11-18(27)20(29)21(30)19(28)12-24)22(31)15-7-4-13(5-8-15)2-3-14-6-9-16(25)17(26)10-14/h2-10,18-21,24-30H,11-12H2,1H3/b3-2+. The molecule has 4 atom stereocenters. The fourth-order valence-electron chi connectivity index (χ4n) is 2.83. The van der Waals surface area contributed by atoms with Gasteiger partial charge in [0.15, 0.2) is 11.5 Å². The lowest BCUT2D eigenvalue weighted by atomic mass is 10.0. The highest BCUT2D eigenvalue weighted by atomic mass is 16.4. The number of amides is 1. The summed E-state index contributed by atoms with van der Waals surface area (Å²) in [6.07, 6.45) is -3.16. The molecule has 168 valence electrons. The molecule has 9 heteroatoms. The molecule has 4 unspecified atom stereocenters. The molecular weight excluding hydrogens is 406 g/mol. The van der Waals surface area contributed by atoms with Gasteiger partial charge in [0.05, 0.1) is 6.61 Å². The van der Waals surface area contributed by atoms with Crippen LogP contribution in [0.1, 0.15) is 21.5 Å². The van der Waals surface area contributed by atoms with Crippen molar-refractivity contribution >= 4 is 18.1 Å². The Morgan fingerprint density at radius 1 is 0.871 bits per heavy atom. The Labute approximate surface area is 179 Å². The highest BCUT2D eigenvalue weighted by molar-refractivity contribution is 5.94. The molecule has 2 rings (SSSR count). The monoisotopic (exact) mass is 433 g/mol. The first kappa shape index (κ1) is 24.3. The van der Waals surface area contributed by atoms with Crippen LogP contribution >= 0.6 is 0 Å². The Morgan fingerprint density at radius 3 is 2.00 bits per heavy atom. The fraction of sp³-hybridized carbons (Fsp3) is 0.318. The van der Waals surface area contributed by atoms with Crippen LogP contribution in [-0.2, 0) is 0 Å². The summed E-state index contributed by atoms with van der Waals surface area (Å²) in [5.74, 6) is -0.861. The first-order valence-electron chi connectivity index (χ1n) is 9.52. The van der Waals surface area contributed by atoms with Crippen molar-refractivity contribution in [2.75, 3.05) is 20.2 Å². The summed E-state index contributed by atoms with van der Waals surface area (Å²) in [6.45, 7) is -1.09. The number of phenols is 2. The minimum absolute atomic E-state index is 0.208. The molecule has 0 saturated carbocycles. The molecule has 0 aliphatic heterocycles. The maximum Gasteiger partial charge on any atom is 0.253 e. The molecule has 2 aromatic carbocycles. The number of hydrogen-bond acceptors (Lipinski definition) is 8. The van der Waals surface area contributed by atoms with Gasteiger partial charge in [-0.25, -0.2) is 0 Å². The van der Waals surface area contributed by atoms with E-state index < -0.39 is 36.9 Å². The van der Waals surface area contributed by atoms with Gasteiger partial charge in [-0.15, -0.1) is 0 Å². The molecule has 7 N–H and O–H groups in total. The summed E-state index contributed by atoms with van der Waals surface area (Å²) in [5.41, 5.74) is 1.79. The Bertz CT molecular complexity index is 899. The number of aromatic hydroxyl groups is 2. The molecule has 0 aliphatic rings. The normalized spacial score (nSPS) is 15.4. The Morgan fingerprint density at radius 2 is 1.42 bits per heavy atom. The van der Waals surface area contributed by atoms with Gasteiger partial charge >= 0.3 is 0 Å². The number of phenolic OH excluding ortho intramolecular Hbond substituents is 2. The molecule has 0 radical (unpaired) electrons. The lowest BCUT2D eigenvalue weighted by molar-refractivity contribution is -0.117. The number of hydrogen-bond donors (Lipinski definition) is 7. The summed E-state index contributed by atoms with van der Waals surface area (Å²) < 4.78 is 0. The van der Waals surface area contributed by atoms with Crippen molar-refractivity contribution < 1.29 is 40.5 Å². The van der Waals surface area contributed by atoms with Gasteiger partial charge < -0.3 is 40.6 Å². The third-order valence-electron chi connectivity index (χ3n) is 4.76. The number of carbonyl (C=O) groups is 1. The average molecular weight is 433 g/mol. The second kappa shape index (κ2) is 10.9.